The molecule has 5 heteroatoms. The summed E-state index contributed by atoms with van der Waals surface area (Å²) >= 11 is 0. The largest absolute Gasteiger partial charge is 0.465 e. The predicted molar refractivity (Wildman–Crippen MR) is 86.2 cm³/mol. The Balaban J connectivity index is 1.75. The van der Waals surface area contributed by atoms with Crippen molar-refractivity contribution in [3.8, 4) is 0 Å². The first-order valence-electron chi connectivity index (χ1n) is 8.24. The van der Waals surface area contributed by atoms with Crippen LogP contribution in [0.25, 0.3) is 0 Å². The lowest BCUT2D eigenvalue weighted by Crippen LogP contribution is -2.44. The number of carbonyl (C=O) groups excluding carboxylic acids is 1. The molecule has 3 rings (SSSR count). The van der Waals surface area contributed by atoms with Gasteiger partial charge in [0, 0.05) is 18.6 Å². The van der Waals surface area contributed by atoms with E-state index in [9.17, 15) is 4.79 Å². The topological polar surface area (TPSA) is 57.1 Å². The third-order valence-corrected chi connectivity index (χ3v) is 4.37. The lowest BCUT2D eigenvalue weighted by atomic mass is 9.82. The Labute approximate surface area is 136 Å². The minimum atomic E-state index is -0.622. The van der Waals surface area contributed by atoms with Crippen molar-refractivity contribution in [1.82, 2.24) is 0 Å². The highest BCUT2D eigenvalue weighted by molar-refractivity contribution is 6.02. The van der Waals surface area contributed by atoms with Gasteiger partial charge in [-0.2, -0.15) is 0 Å². The summed E-state index contributed by atoms with van der Waals surface area (Å²) in [5.74, 6) is -1.22. The van der Waals surface area contributed by atoms with Crippen LogP contribution in [0.3, 0.4) is 0 Å². The molecule has 0 bridgehead atoms. The third kappa shape index (κ3) is 3.79. The lowest BCUT2D eigenvalue weighted by molar-refractivity contribution is -0.182. The Kier molecular flexibility index (Phi) is 5.08. The number of aliphatic imine (C=N–C) groups is 1. The van der Waals surface area contributed by atoms with Crippen LogP contribution in [0, 0.1) is 5.92 Å². The van der Waals surface area contributed by atoms with Gasteiger partial charge in [0.15, 0.2) is 5.79 Å². The Morgan fingerprint density at radius 3 is 2.74 bits per heavy atom. The van der Waals surface area contributed by atoms with Crippen molar-refractivity contribution < 1.29 is 19.0 Å². The highest BCUT2D eigenvalue weighted by Gasteiger charge is 2.46. The Bertz CT molecular complexity index is 564. The molecule has 1 aliphatic carbocycles. The van der Waals surface area contributed by atoms with Crippen LogP contribution < -0.4 is 0 Å². The SMILES string of the molecule is CCOC(=O)C1CC2(CC/C1=N\Cc1ccccc1)OCCO2. The fourth-order valence-electron chi connectivity index (χ4n) is 3.21. The Morgan fingerprint density at radius 1 is 1.30 bits per heavy atom. The van der Waals surface area contributed by atoms with Crippen LogP contribution in [0.5, 0.6) is 0 Å². The molecule has 1 saturated carbocycles. The van der Waals surface area contributed by atoms with Gasteiger partial charge in [-0.1, -0.05) is 30.3 Å². The molecule has 1 aliphatic heterocycles. The van der Waals surface area contributed by atoms with Gasteiger partial charge in [-0.3, -0.25) is 9.79 Å². The smallest absolute Gasteiger partial charge is 0.314 e. The Hall–Kier alpha value is -1.72. The summed E-state index contributed by atoms with van der Waals surface area (Å²) in [6.45, 7) is 3.95. The molecule has 5 nitrogen and oxygen atoms in total. The monoisotopic (exact) mass is 317 g/mol. The maximum absolute atomic E-state index is 12.3. The van der Waals surface area contributed by atoms with Crippen LogP contribution in [-0.4, -0.2) is 37.3 Å². The van der Waals surface area contributed by atoms with E-state index in [1.165, 1.54) is 0 Å². The van der Waals surface area contributed by atoms with E-state index < -0.39 is 5.79 Å². The second-order valence-corrected chi connectivity index (χ2v) is 5.91. The maximum atomic E-state index is 12.3. The molecule has 2 aliphatic rings. The van der Waals surface area contributed by atoms with Gasteiger partial charge in [-0.05, 0) is 18.9 Å². The lowest BCUT2D eigenvalue weighted by Gasteiger charge is -2.36. The maximum Gasteiger partial charge on any atom is 0.314 e. The first-order chi connectivity index (χ1) is 11.2. The van der Waals surface area contributed by atoms with Crippen LogP contribution in [-0.2, 0) is 25.5 Å². The summed E-state index contributed by atoms with van der Waals surface area (Å²) in [6, 6.07) is 10.0. The van der Waals surface area contributed by atoms with Crippen LogP contribution in [0.1, 0.15) is 31.7 Å². The molecular weight excluding hydrogens is 294 g/mol. The molecule has 0 aromatic heterocycles. The van der Waals surface area contributed by atoms with Gasteiger partial charge >= 0.3 is 5.97 Å². The van der Waals surface area contributed by atoms with Gasteiger partial charge in [0.1, 0.15) is 0 Å². The zero-order valence-electron chi connectivity index (χ0n) is 13.5. The van der Waals surface area contributed by atoms with E-state index in [1.54, 1.807) is 0 Å². The van der Waals surface area contributed by atoms with Crippen molar-refractivity contribution >= 4 is 11.7 Å². The molecule has 124 valence electrons. The quantitative estimate of drug-likeness (QED) is 0.801. The number of ether oxygens (including phenoxy) is 3. The molecular formula is C18H23NO4. The molecule has 1 aromatic rings. The van der Waals surface area contributed by atoms with Crippen molar-refractivity contribution in [2.24, 2.45) is 10.9 Å². The van der Waals surface area contributed by atoms with Crippen LogP contribution in [0.4, 0.5) is 0 Å². The van der Waals surface area contributed by atoms with E-state index in [0.717, 1.165) is 17.7 Å². The van der Waals surface area contributed by atoms with Crippen LogP contribution in [0.15, 0.2) is 35.3 Å². The fourth-order valence-corrected chi connectivity index (χ4v) is 3.21. The zero-order valence-corrected chi connectivity index (χ0v) is 13.5. The van der Waals surface area contributed by atoms with E-state index in [0.29, 0.717) is 39.2 Å². The van der Waals surface area contributed by atoms with Crippen molar-refractivity contribution in [1.29, 1.82) is 0 Å². The highest BCUT2D eigenvalue weighted by Crippen LogP contribution is 2.38. The first-order valence-corrected chi connectivity index (χ1v) is 8.24. The number of nitrogens with zero attached hydrogens (tertiary/aromatic N) is 1. The number of hydrogen-bond donors (Lipinski definition) is 0. The summed E-state index contributed by atoms with van der Waals surface area (Å²) in [4.78, 5) is 17.0. The number of carbonyl (C=O) groups is 1. The fraction of sp³-hybridized carbons (Fsp3) is 0.556. The van der Waals surface area contributed by atoms with Crippen LogP contribution in [0.2, 0.25) is 0 Å². The zero-order chi connectivity index (χ0) is 16.1. The Morgan fingerprint density at radius 2 is 2.04 bits per heavy atom. The van der Waals surface area contributed by atoms with E-state index in [-0.39, 0.29) is 11.9 Å². The second-order valence-electron chi connectivity index (χ2n) is 5.91. The van der Waals surface area contributed by atoms with E-state index in [2.05, 4.69) is 0 Å². The van der Waals surface area contributed by atoms with Crippen LogP contribution >= 0.6 is 0 Å². The molecule has 1 saturated heterocycles. The summed E-state index contributed by atoms with van der Waals surface area (Å²) in [6.07, 6.45) is 1.95. The van der Waals surface area contributed by atoms with Gasteiger partial charge in [-0.25, -0.2) is 0 Å². The van der Waals surface area contributed by atoms with Crippen molar-refractivity contribution in [2.75, 3.05) is 19.8 Å². The molecule has 1 unspecified atom stereocenters. The van der Waals surface area contributed by atoms with E-state index in [1.807, 2.05) is 37.3 Å². The van der Waals surface area contributed by atoms with Crippen molar-refractivity contribution in [3.63, 3.8) is 0 Å². The van der Waals surface area contributed by atoms with Gasteiger partial charge < -0.3 is 14.2 Å². The minimum absolute atomic E-state index is 0.225. The van der Waals surface area contributed by atoms with Crippen molar-refractivity contribution in [3.05, 3.63) is 35.9 Å². The summed E-state index contributed by atoms with van der Waals surface area (Å²) in [7, 11) is 0. The number of rotatable bonds is 4. The van der Waals surface area contributed by atoms with Gasteiger partial charge in [0.25, 0.3) is 0 Å². The van der Waals surface area contributed by atoms with Gasteiger partial charge in [-0.15, -0.1) is 0 Å². The molecule has 0 radical (unpaired) electrons. The predicted octanol–water partition coefficient (Wildman–Crippen LogP) is 2.73. The standard InChI is InChI=1S/C18H23NO4/c1-2-21-17(20)15-12-18(22-10-11-23-18)9-8-16(15)19-13-14-6-4-3-5-7-14/h3-7,15H,2,8-13H2,1H3/b19-16+. The second kappa shape index (κ2) is 7.23. The highest BCUT2D eigenvalue weighted by atomic mass is 16.7. The number of benzene rings is 1. The first kappa shape index (κ1) is 16.1. The average molecular weight is 317 g/mol. The molecule has 2 fully saturated rings. The molecule has 1 heterocycles. The average Bonchev–Trinajstić information content (AvgIpc) is 3.03. The van der Waals surface area contributed by atoms with E-state index >= 15 is 0 Å². The van der Waals surface area contributed by atoms with E-state index in [4.69, 9.17) is 19.2 Å². The summed E-state index contributed by atoms with van der Waals surface area (Å²) in [5, 5.41) is 0. The van der Waals surface area contributed by atoms with Gasteiger partial charge in [0.2, 0.25) is 0 Å². The minimum Gasteiger partial charge on any atom is -0.465 e. The molecule has 1 aromatic carbocycles. The molecule has 0 N–H and O–H groups in total. The molecule has 0 amide bonds. The number of hydrogen-bond acceptors (Lipinski definition) is 5. The molecule has 1 atom stereocenters. The third-order valence-electron chi connectivity index (χ3n) is 4.37. The van der Waals surface area contributed by atoms with Gasteiger partial charge in [0.05, 0.1) is 32.3 Å². The summed E-state index contributed by atoms with van der Waals surface area (Å²) < 4.78 is 16.8. The van der Waals surface area contributed by atoms with Crippen molar-refractivity contribution in [2.45, 2.75) is 38.5 Å². The normalized spacial score (nSPS) is 24.9. The number of esters is 1. The molecule has 1 spiro atoms. The molecule has 23 heavy (non-hydrogen) atoms. The summed E-state index contributed by atoms with van der Waals surface area (Å²) in [5.41, 5.74) is 2.04.